The summed E-state index contributed by atoms with van der Waals surface area (Å²) in [5, 5.41) is 11.6. The number of carboxylic acids is 1. The van der Waals surface area contributed by atoms with Crippen LogP contribution in [0.1, 0.15) is 35.7 Å². The summed E-state index contributed by atoms with van der Waals surface area (Å²) >= 11 is 0. The number of ether oxygens (including phenoxy) is 3. The highest BCUT2D eigenvalue weighted by atomic mass is 19.2. The van der Waals surface area contributed by atoms with Crippen LogP contribution in [-0.4, -0.2) is 65.5 Å². The van der Waals surface area contributed by atoms with Gasteiger partial charge in [0.1, 0.15) is 31.9 Å². The van der Waals surface area contributed by atoms with E-state index in [1.165, 1.54) is 4.90 Å². The molecule has 2 amide bonds. The fraction of sp³-hybridized carbons (Fsp3) is 0.290. The van der Waals surface area contributed by atoms with E-state index in [-0.39, 0.29) is 19.0 Å². The number of amides is 2. The van der Waals surface area contributed by atoms with E-state index in [1.54, 1.807) is 31.2 Å². The lowest BCUT2D eigenvalue weighted by atomic mass is 10.00. The van der Waals surface area contributed by atoms with E-state index in [1.807, 2.05) is 12.1 Å². The highest BCUT2D eigenvalue weighted by Crippen LogP contribution is 2.36. The van der Waals surface area contributed by atoms with E-state index in [0.29, 0.717) is 35.8 Å². The zero-order valence-electron chi connectivity index (χ0n) is 23.7. The first-order valence-electron chi connectivity index (χ1n) is 13.8. The molecule has 0 aromatic heterocycles. The van der Waals surface area contributed by atoms with Crippen molar-refractivity contribution in [2.45, 2.75) is 38.4 Å². The number of Topliss-reactive ketones (excluding diaryl/α,β-unsaturated/α-hetero) is 1. The van der Waals surface area contributed by atoms with Crippen molar-refractivity contribution in [3.8, 4) is 28.4 Å². The first-order chi connectivity index (χ1) is 21.5. The maximum atomic E-state index is 13.9. The number of nitrogens with zero attached hydrogens (tertiary/aromatic N) is 1. The summed E-state index contributed by atoms with van der Waals surface area (Å²) in [6.07, 6.45) is -0.857. The van der Waals surface area contributed by atoms with Crippen LogP contribution in [0.4, 0.5) is 17.6 Å². The predicted molar refractivity (Wildman–Crippen MR) is 148 cm³/mol. The minimum atomic E-state index is -1.89. The number of hydrogen-bond donors (Lipinski definition) is 2. The van der Waals surface area contributed by atoms with Crippen molar-refractivity contribution < 1.29 is 56.1 Å². The second kappa shape index (κ2) is 12.8. The molecule has 45 heavy (non-hydrogen) atoms. The van der Waals surface area contributed by atoms with E-state index in [0.717, 1.165) is 11.1 Å². The molecule has 3 aromatic rings. The molecule has 3 aromatic carbocycles. The predicted octanol–water partition coefficient (Wildman–Crippen LogP) is 4.02. The number of carboxylic acid groups (broad SMARTS) is 1. The van der Waals surface area contributed by atoms with E-state index >= 15 is 0 Å². The Hall–Kier alpha value is -5.14. The molecule has 0 saturated heterocycles. The Balaban J connectivity index is 1.30. The second-order valence-corrected chi connectivity index (χ2v) is 10.3. The maximum Gasteiger partial charge on any atom is 0.305 e. The topological polar surface area (TPSA) is 131 Å². The Labute approximate surface area is 253 Å². The molecule has 2 unspecified atom stereocenters. The molecule has 2 aliphatic rings. The number of fused-ring (bicyclic) bond motifs is 2. The van der Waals surface area contributed by atoms with Gasteiger partial charge in [-0.05, 0) is 41.3 Å². The summed E-state index contributed by atoms with van der Waals surface area (Å²) in [5.41, 5.74) is 2.49. The number of carbonyl (C=O) groups is 4. The van der Waals surface area contributed by atoms with Gasteiger partial charge in [0, 0.05) is 18.2 Å². The lowest BCUT2D eigenvalue weighted by Gasteiger charge is -2.27. The first kappa shape index (κ1) is 31.3. The number of hydrogen-bond acceptors (Lipinski definition) is 7. The van der Waals surface area contributed by atoms with E-state index in [4.69, 9.17) is 9.47 Å². The van der Waals surface area contributed by atoms with Gasteiger partial charge in [0.05, 0.1) is 6.42 Å². The minimum Gasteiger partial charge on any atom is -0.486 e. The minimum absolute atomic E-state index is 0.0468. The summed E-state index contributed by atoms with van der Waals surface area (Å²) in [6.45, 7) is 1.30. The van der Waals surface area contributed by atoms with Gasteiger partial charge in [0.25, 0.3) is 5.91 Å². The van der Waals surface area contributed by atoms with Gasteiger partial charge in [-0.25, -0.2) is 8.78 Å². The van der Waals surface area contributed by atoms with Crippen molar-refractivity contribution >= 4 is 23.6 Å². The van der Waals surface area contributed by atoms with Crippen LogP contribution in [0.3, 0.4) is 0 Å². The van der Waals surface area contributed by atoms with Gasteiger partial charge in [0.15, 0.2) is 34.7 Å². The van der Waals surface area contributed by atoms with Crippen LogP contribution in [-0.2, 0) is 20.9 Å². The molecule has 236 valence electrons. The number of carbonyl (C=O) groups excluding carboxylic acids is 3. The van der Waals surface area contributed by atoms with Gasteiger partial charge < -0.3 is 29.5 Å². The molecule has 0 bridgehead atoms. The van der Waals surface area contributed by atoms with E-state index in [9.17, 15) is 41.8 Å². The number of rotatable bonds is 11. The van der Waals surface area contributed by atoms with Gasteiger partial charge in [-0.2, -0.15) is 8.78 Å². The maximum absolute atomic E-state index is 13.9. The van der Waals surface area contributed by atoms with Crippen molar-refractivity contribution in [3.63, 3.8) is 0 Å². The zero-order chi connectivity index (χ0) is 32.4. The van der Waals surface area contributed by atoms with E-state index < -0.39 is 77.7 Å². The zero-order valence-corrected chi connectivity index (χ0v) is 23.7. The third-order valence-electron chi connectivity index (χ3n) is 7.40. The second-order valence-electron chi connectivity index (χ2n) is 10.3. The van der Waals surface area contributed by atoms with Crippen molar-refractivity contribution in [1.82, 2.24) is 10.2 Å². The molecule has 10 nitrogen and oxygen atoms in total. The van der Waals surface area contributed by atoms with Crippen LogP contribution in [0.25, 0.3) is 11.1 Å². The lowest BCUT2D eigenvalue weighted by Crippen LogP contribution is -2.52. The van der Waals surface area contributed by atoms with Gasteiger partial charge in [0.2, 0.25) is 17.5 Å². The Kier molecular flexibility index (Phi) is 8.93. The highest BCUT2D eigenvalue weighted by molar-refractivity contribution is 6.03. The molecule has 0 spiro atoms. The van der Waals surface area contributed by atoms with Crippen molar-refractivity contribution in [2.75, 3.05) is 19.8 Å². The summed E-state index contributed by atoms with van der Waals surface area (Å²) in [6, 6.07) is 7.73. The average molecular weight is 631 g/mol. The summed E-state index contributed by atoms with van der Waals surface area (Å²) in [7, 11) is 0. The summed E-state index contributed by atoms with van der Waals surface area (Å²) in [4.78, 5) is 52.3. The molecule has 0 radical (unpaired) electrons. The normalized spacial score (nSPS) is 14.9. The number of benzene rings is 3. The molecule has 2 N–H and O–H groups in total. The molecule has 0 fully saturated rings. The van der Waals surface area contributed by atoms with Gasteiger partial charge in [-0.1, -0.05) is 25.1 Å². The molecule has 14 heteroatoms. The third-order valence-corrected chi connectivity index (χ3v) is 7.40. The Bertz CT molecular complexity index is 1670. The quantitative estimate of drug-likeness (QED) is 0.240. The van der Waals surface area contributed by atoms with Crippen LogP contribution in [0.5, 0.6) is 17.2 Å². The van der Waals surface area contributed by atoms with Crippen LogP contribution >= 0.6 is 0 Å². The smallest absolute Gasteiger partial charge is 0.305 e. The van der Waals surface area contributed by atoms with Crippen molar-refractivity contribution in [3.05, 3.63) is 76.9 Å². The third kappa shape index (κ3) is 6.40. The first-order valence-corrected chi connectivity index (χ1v) is 13.8. The molecule has 0 saturated carbocycles. The molecule has 2 heterocycles. The lowest BCUT2D eigenvalue weighted by molar-refractivity contribution is -0.141. The number of nitrogens with one attached hydrogen (secondary N) is 1. The SMILES string of the molecule is CCC(C(=O)NC(CC(=O)O)C(=O)COc1c(F)c(F)cc(F)c1F)N1Cc2ccc(-c3ccc4c(c3)OCCO4)cc2C1=O. The number of aliphatic carboxylic acids is 1. The Morgan fingerprint density at radius 2 is 1.60 bits per heavy atom. The molecule has 2 atom stereocenters. The molecule has 2 aliphatic heterocycles. The highest BCUT2D eigenvalue weighted by Gasteiger charge is 2.37. The van der Waals surface area contributed by atoms with Crippen LogP contribution in [0, 0.1) is 23.3 Å². The van der Waals surface area contributed by atoms with Gasteiger partial charge in [-0.3, -0.25) is 19.2 Å². The fourth-order valence-corrected chi connectivity index (χ4v) is 5.13. The van der Waals surface area contributed by atoms with Gasteiger partial charge in [-0.15, -0.1) is 0 Å². The molecule has 0 aliphatic carbocycles. The van der Waals surface area contributed by atoms with E-state index in [2.05, 4.69) is 10.1 Å². The van der Waals surface area contributed by atoms with Crippen molar-refractivity contribution in [2.24, 2.45) is 0 Å². The fourth-order valence-electron chi connectivity index (χ4n) is 5.13. The van der Waals surface area contributed by atoms with Gasteiger partial charge >= 0.3 is 5.97 Å². The molecule has 5 rings (SSSR count). The monoisotopic (exact) mass is 630 g/mol. The summed E-state index contributed by atoms with van der Waals surface area (Å²) < 4.78 is 70.7. The summed E-state index contributed by atoms with van der Waals surface area (Å²) in [5.74, 6) is -11.6. The standard InChI is InChI=1S/C31H26F4N2O8/c1-2-22(30(41)36-21(12-26(39)40)23(38)14-45-29-27(34)19(32)11-20(33)28(29)35)37-13-17-4-3-15(9-18(17)31(37)42)16-5-6-24-25(10-16)44-8-7-43-24/h3-6,9-11,21-22H,2,7-8,12-14H2,1H3,(H,36,41)(H,39,40). The van der Waals surface area contributed by atoms with Crippen molar-refractivity contribution in [1.29, 1.82) is 0 Å². The van der Waals surface area contributed by atoms with Crippen LogP contribution in [0.2, 0.25) is 0 Å². The van der Waals surface area contributed by atoms with Crippen LogP contribution in [0.15, 0.2) is 42.5 Å². The Morgan fingerprint density at radius 3 is 2.27 bits per heavy atom. The number of ketones is 1. The molecular weight excluding hydrogens is 604 g/mol. The van der Waals surface area contributed by atoms with Crippen LogP contribution < -0.4 is 19.5 Å². The Morgan fingerprint density at radius 1 is 0.956 bits per heavy atom. The number of halogens is 4. The molecular formula is C31H26F4N2O8. The largest absolute Gasteiger partial charge is 0.486 e. The average Bonchev–Trinajstić information content (AvgIpc) is 3.34.